The van der Waals surface area contributed by atoms with E-state index >= 15 is 0 Å². The number of rotatable bonds is 7. The lowest BCUT2D eigenvalue weighted by molar-refractivity contribution is -0.154. The lowest BCUT2D eigenvalue weighted by Gasteiger charge is -2.30. The Hall–Kier alpha value is -1.89. The molecule has 1 N–H and O–H groups in total. The van der Waals surface area contributed by atoms with E-state index in [1.165, 1.54) is 6.92 Å². The zero-order chi connectivity index (χ0) is 19.1. The first kappa shape index (κ1) is 21.2. The minimum absolute atomic E-state index is 0.0146. The number of benzene rings is 1. The molecule has 0 aliphatic carbocycles. The molecule has 0 bridgehead atoms. The number of hydrogen-bond acceptors (Lipinski definition) is 4. The van der Waals surface area contributed by atoms with Gasteiger partial charge in [0.15, 0.2) is 6.61 Å². The van der Waals surface area contributed by atoms with Crippen LogP contribution in [0, 0.1) is 0 Å². The van der Waals surface area contributed by atoms with Gasteiger partial charge in [-0.3, -0.25) is 9.59 Å². The number of ether oxygens (including phenoxy) is 1. The second kappa shape index (κ2) is 9.56. The number of carbonyl (C=O) groups excluding carboxylic acids is 3. The third kappa shape index (κ3) is 6.49. The largest absolute Gasteiger partial charge is 0.454 e. The van der Waals surface area contributed by atoms with Crippen LogP contribution in [0.25, 0.3) is 0 Å². The predicted molar refractivity (Wildman–Crippen MR) is 99.1 cm³/mol. The van der Waals surface area contributed by atoms with Crippen LogP contribution in [0.1, 0.15) is 45.0 Å². The fourth-order valence-corrected chi connectivity index (χ4v) is 2.71. The quantitative estimate of drug-likeness (QED) is 0.698. The second-order valence-corrected chi connectivity index (χ2v) is 7.21. The fourth-order valence-electron chi connectivity index (χ4n) is 2.44. The van der Waals surface area contributed by atoms with Crippen molar-refractivity contribution in [3.8, 4) is 0 Å². The first-order valence-electron chi connectivity index (χ1n) is 8.17. The lowest BCUT2D eigenvalue weighted by Crippen LogP contribution is -2.45. The second-order valence-electron chi connectivity index (χ2n) is 6.30. The third-order valence-corrected chi connectivity index (χ3v) is 4.07. The van der Waals surface area contributed by atoms with E-state index in [0.717, 1.165) is 4.47 Å². The van der Waals surface area contributed by atoms with E-state index in [1.807, 2.05) is 27.7 Å². The molecule has 0 radical (unpaired) electrons. The average Bonchev–Trinajstić information content (AvgIpc) is 2.52. The molecule has 0 unspecified atom stereocenters. The van der Waals surface area contributed by atoms with Gasteiger partial charge in [-0.25, -0.2) is 4.79 Å². The van der Waals surface area contributed by atoms with Crippen molar-refractivity contribution in [2.24, 2.45) is 0 Å². The van der Waals surface area contributed by atoms with Crippen molar-refractivity contribution < 1.29 is 19.1 Å². The Labute approximate surface area is 157 Å². The van der Waals surface area contributed by atoms with Crippen molar-refractivity contribution in [3.63, 3.8) is 0 Å². The molecule has 1 aromatic rings. The molecule has 6 nitrogen and oxygen atoms in total. The van der Waals surface area contributed by atoms with Gasteiger partial charge >= 0.3 is 5.97 Å². The molecule has 0 aromatic heterocycles. The number of esters is 1. The van der Waals surface area contributed by atoms with Gasteiger partial charge in [0.1, 0.15) is 6.04 Å². The smallest absolute Gasteiger partial charge is 0.328 e. The van der Waals surface area contributed by atoms with Gasteiger partial charge in [0.05, 0.1) is 0 Å². The zero-order valence-corrected chi connectivity index (χ0v) is 16.8. The molecule has 0 saturated carbocycles. The topological polar surface area (TPSA) is 75.7 Å². The molecule has 138 valence electrons. The van der Waals surface area contributed by atoms with Crippen LogP contribution in [0.3, 0.4) is 0 Å². The molecule has 0 saturated heterocycles. The van der Waals surface area contributed by atoms with Crippen LogP contribution >= 0.6 is 15.9 Å². The zero-order valence-electron chi connectivity index (χ0n) is 15.2. The van der Waals surface area contributed by atoms with Crippen LogP contribution < -0.4 is 5.32 Å². The standard InChI is InChI=1S/C18H25BrN2O4/c1-11(2)21(12(3)4)16(22)10-25-18(24)13(5)20-17(23)14-6-8-15(19)9-7-14/h6-9,11-13H,10H2,1-5H3,(H,20,23)/t13-/m0/s1. The maximum atomic E-state index is 12.2. The maximum Gasteiger partial charge on any atom is 0.328 e. The number of amides is 2. The number of hydrogen-bond donors (Lipinski definition) is 1. The Morgan fingerprint density at radius 1 is 1.04 bits per heavy atom. The van der Waals surface area contributed by atoms with E-state index in [2.05, 4.69) is 21.2 Å². The molecule has 1 atom stereocenters. The highest BCUT2D eigenvalue weighted by Gasteiger charge is 2.23. The normalized spacial score (nSPS) is 12.0. The van der Waals surface area contributed by atoms with Crippen LogP contribution in [-0.4, -0.2) is 47.4 Å². The van der Waals surface area contributed by atoms with Crippen molar-refractivity contribution >= 4 is 33.7 Å². The van der Waals surface area contributed by atoms with Crippen LogP contribution in [0.5, 0.6) is 0 Å². The SMILES string of the molecule is CC(C)N(C(=O)COC(=O)[C@H](C)NC(=O)c1ccc(Br)cc1)C(C)C. The van der Waals surface area contributed by atoms with E-state index in [4.69, 9.17) is 4.74 Å². The van der Waals surface area contributed by atoms with Gasteiger partial charge in [0.2, 0.25) is 0 Å². The Balaban J connectivity index is 2.55. The lowest BCUT2D eigenvalue weighted by atomic mass is 10.2. The van der Waals surface area contributed by atoms with Crippen LogP contribution in [0.2, 0.25) is 0 Å². The van der Waals surface area contributed by atoms with Crippen molar-refractivity contribution in [3.05, 3.63) is 34.3 Å². The highest BCUT2D eigenvalue weighted by atomic mass is 79.9. The molecule has 0 fully saturated rings. The molecule has 25 heavy (non-hydrogen) atoms. The first-order valence-corrected chi connectivity index (χ1v) is 8.97. The van der Waals surface area contributed by atoms with Crippen LogP contribution in [0.4, 0.5) is 0 Å². The first-order chi connectivity index (χ1) is 11.6. The Morgan fingerprint density at radius 3 is 2.04 bits per heavy atom. The van der Waals surface area contributed by atoms with Crippen molar-refractivity contribution in [1.82, 2.24) is 10.2 Å². The van der Waals surface area contributed by atoms with Gasteiger partial charge in [0, 0.05) is 22.1 Å². The molecule has 7 heteroatoms. The van der Waals surface area contributed by atoms with Gasteiger partial charge in [-0.1, -0.05) is 15.9 Å². The van der Waals surface area contributed by atoms with E-state index in [0.29, 0.717) is 5.56 Å². The van der Waals surface area contributed by atoms with Crippen molar-refractivity contribution in [2.45, 2.75) is 52.7 Å². The summed E-state index contributed by atoms with van der Waals surface area (Å²) >= 11 is 3.29. The number of halogens is 1. The summed E-state index contributed by atoms with van der Waals surface area (Å²) < 4.78 is 5.91. The van der Waals surface area contributed by atoms with E-state index < -0.39 is 12.0 Å². The van der Waals surface area contributed by atoms with Crippen molar-refractivity contribution in [1.29, 1.82) is 0 Å². The minimum atomic E-state index is -0.851. The monoisotopic (exact) mass is 412 g/mol. The molecule has 2 amide bonds. The molecule has 0 aliphatic heterocycles. The van der Waals surface area contributed by atoms with Gasteiger partial charge in [0.25, 0.3) is 11.8 Å². The molecule has 1 aromatic carbocycles. The maximum absolute atomic E-state index is 12.2. The van der Waals surface area contributed by atoms with Gasteiger partial charge in [-0.2, -0.15) is 0 Å². The molecular weight excluding hydrogens is 388 g/mol. The average molecular weight is 413 g/mol. The van der Waals surface area contributed by atoms with E-state index in [1.54, 1.807) is 29.2 Å². The molecular formula is C18H25BrN2O4. The summed E-state index contributed by atoms with van der Waals surface area (Å²) in [4.78, 5) is 37.9. The summed E-state index contributed by atoms with van der Waals surface area (Å²) in [6, 6.07) is 5.94. The summed E-state index contributed by atoms with van der Waals surface area (Å²) in [5.41, 5.74) is 0.435. The van der Waals surface area contributed by atoms with Gasteiger partial charge < -0.3 is 15.0 Å². The fraction of sp³-hybridized carbons (Fsp3) is 0.500. The summed E-state index contributed by atoms with van der Waals surface area (Å²) in [5, 5.41) is 2.56. The van der Waals surface area contributed by atoms with Crippen molar-refractivity contribution in [2.75, 3.05) is 6.61 Å². The molecule has 1 rings (SSSR count). The summed E-state index contributed by atoms with van der Waals surface area (Å²) in [5.74, 6) is -1.29. The summed E-state index contributed by atoms with van der Waals surface area (Å²) in [6.45, 7) is 8.79. The highest BCUT2D eigenvalue weighted by molar-refractivity contribution is 9.10. The molecule has 0 heterocycles. The highest BCUT2D eigenvalue weighted by Crippen LogP contribution is 2.10. The molecule has 0 aliphatic rings. The Kier molecular flexibility index (Phi) is 8.09. The number of nitrogens with zero attached hydrogens (tertiary/aromatic N) is 1. The van der Waals surface area contributed by atoms with Gasteiger partial charge in [-0.15, -0.1) is 0 Å². The Bertz CT molecular complexity index is 606. The van der Waals surface area contributed by atoms with Gasteiger partial charge in [-0.05, 0) is 58.9 Å². The number of carbonyl (C=O) groups is 3. The van der Waals surface area contributed by atoms with E-state index in [9.17, 15) is 14.4 Å². The predicted octanol–water partition coefficient (Wildman–Crippen LogP) is 2.76. The summed E-state index contributed by atoms with van der Waals surface area (Å²) in [7, 11) is 0. The van der Waals surface area contributed by atoms with E-state index in [-0.39, 0.29) is 30.5 Å². The van der Waals surface area contributed by atoms with Crippen LogP contribution in [0.15, 0.2) is 28.7 Å². The third-order valence-electron chi connectivity index (χ3n) is 3.55. The summed E-state index contributed by atoms with van der Waals surface area (Å²) in [6.07, 6.45) is 0. The molecule has 0 spiro atoms. The Morgan fingerprint density at radius 2 is 1.56 bits per heavy atom. The number of nitrogens with one attached hydrogen (secondary N) is 1. The van der Waals surface area contributed by atoms with Crippen LogP contribution in [-0.2, 0) is 14.3 Å². The minimum Gasteiger partial charge on any atom is -0.454 e.